The molecule has 136 valence electrons. The molecule has 0 radical (unpaired) electrons. The van der Waals surface area contributed by atoms with Gasteiger partial charge in [-0.25, -0.2) is 4.79 Å². The molecule has 0 atom stereocenters. The highest BCUT2D eigenvalue weighted by Gasteiger charge is 2.18. The minimum absolute atomic E-state index is 0.00347. The maximum Gasteiger partial charge on any atom is 0.340 e. The zero-order valence-electron chi connectivity index (χ0n) is 13.4. The number of nitrogens with zero attached hydrogens (tertiary/aromatic N) is 1. The quantitative estimate of drug-likeness (QED) is 0.439. The zero-order valence-corrected chi connectivity index (χ0v) is 14.9. The van der Waals surface area contributed by atoms with Crippen molar-refractivity contribution in [2.24, 2.45) is 0 Å². The molecule has 0 fully saturated rings. The van der Waals surface area contributed by atoms with Crippen molar-refractivity contribution in [1.82, 2.24) is 5.32 Å². The Morgan fingerprint density at radius 1 is 1.12 bits per heavy atom. The highest BCUT2D eigenvalue weighted by atomic mass is 35.5. The summed E-state index contributed by atoms with van der Waals surface area (Å²) in [5.41, 5.74) is 0.527. The average molecular weight is 397 g/mol. The van der Waals surface area contributed by atoms with E-state index in [2.05, 4.69) is 5.32 Å². The molecule has 7 nitrogen and oxygen atoms in total. The third kappa shape index (κ3) is 5.72. The number of benzene rings is 2. The summed E-state index contributed by atoms with van der Waals surface area (Å²) in [5.74, 6) is -1.40. The van der Waals surface area contributed by atoms with Gasteiger partial charge in [0.2, 0.25) is 0 Å². The second kappa shape index (κ2) is 9.17. The fraction of sp³-hybridized carbons (Fsp3) is 0.176. The van der Waals surface area contributed by atoms with Crippen LogP contribution in [0.15, 0.2) is 42.5 Å². The highest BCUT2D eigenvalue weighted by molar-refractivity contribution is 6.33. The van der Waals surface area contributed by atoms with Gasteiger partial charge >= 0.3 is 5.97 Å². The van der Waals surface area contributed by atoms with E-state index in [4.69, 9.17) is 27.9 Å². The topological polar surface area (TPSA) is 98.5 Å². The van der Waals surface area contributed by atoms with Crippen LogP contribution in [-0.2, 0) is 16.0 Å². The number of carbonyl (C=O) groups is 2. The van der Waals surface area contributed by atoms with Crippen LogP contribution in [0, 0.1) is 10.1 Å². The molecule has 1 amide bonds. The van der Waals surface area contributed by atoms with E-state index in [0.29, 0.717) is 18.0 Å². The molecular formula is C17H14Cl2N2O5. The van der Waals surface area contributed by atoms with Crippen LogP contribution < -0.4 is 5.32 Å². The molecule has 0 saturated carbocycles. The zero-order chi connectivity index (χ0) is 19.1. The Balaban J connectivity index is 1.81. The minimum Gasteiger partial charge on any atom is -0.452 e. The fourth-order valence-corrected chi connectivity index (χ4v) is 2.36. The van der Waals surface area contributed by atoms with Crippen molar-refractivity contribution in [2.75, 3.05) is 13.2 Å². The number of rotatable bonds is 7. The van der Waals surface area contributed by atoms with E-state index in [1.165, 1.54) is 12.1 Å². The molecule has 2 rings (SSSR count). The van der Waals surface area contributed by atoms with Gasteiger partial charge in [-0.05, 0) is 30.2 Å². The number of amides is 1. The van der Waals surface area contributed by atoms with Crippen molar-refractivity contribution < 1.29 is 19.2 Å². The lowest BCUT2D eigenvalue weighted by atomic mass is 10.1. The largest absolute Gasteiger partial charge is 0.452 e. The van der Waals surface area contributed by atoms with Crippen LogP contribution in [0.4, 0.5) is 5.69 Å². The van der Waals surface area contributed by atoms with E-state index in [1.54, 1.807) is 12.1 Å². The second-order valence-corrected chi connectivity index (χ2v) is 6.07. The Bertz CT molecular complexity index is 824. The molecule has 0 heterocycles. The molecule has 0 bridgehead atoms. The Morgan fingerprint density at radius 3 is 2.46 bits per heavy atom. The number of nitro benzene ring substituents is 1. The number of halogens is 2. The molecular weight excluding hydrogens is 383 g/mol. The summed E-state index contributed by atoms with van der Waals surface area (Å²) >= 11 is 11.6. The molecule has 0 aliphatic heterocycles. The SMILES string of the molecule is O=C(COC(=O)c1cc([N+](=O)[O-])ccc1Cl)NCCc1ccc(Cl)cc1. The van der Waals surface area contributed by atoms with E-state index >= 15 is 0 Å². The third-order valence-corrected chi connectivity index (χ3v) is 3.95. The summed E-state index contributed by atoms with van der Waals surface area (Å²) in [7, 11) is 0. The van der Waals surface area contributed by atoms with Gasteiger partial charge < -0.3 is 10.1 Å². The number of nitro groups is 1. The summed E-state index contributed by atoms with van der Waals surface area (Å²) in [6.07, 6.45) is 0.591. The van der Waals surface area contributed by atoms with Crippen LogP contribution >= 0.6 is 23.2 Å². The maximum absolute atomic E-state index is 12.0. The van der Waals surface area contributed by atoms with Gasteiger partial charge in [-0.2, -0.15) is 0 Å². The van der Waals surface area contributed by atoms with Gasteiger partial charge in [-0.1, -0.05) is 35.3 Å². The first kappa shape index (κ1) is 19.7. The minimum atomic E-state index is -0.911. The third-order valence-electron chi connectivity index (χ3n) is 3.36. The molecule has 9 heteroatoms. The van der Waals surface area contributed by atoms with Crippen molar-refractivity contribution in [2.45, 2.75) is 6.42 Å². The Labute approximate surface area is 159 Å². The van der Waals surface area contributed by atoms with E-state index in [1.807, 2.05) is 12.1 Å². The number of hydrogen-bond donors (Lipinski definition) is 1. The van der Waals surface area contributed by atoms with Crippen molar-refractivity contribution in [1.29, 1.82) is 0 Å². The number of ether oxygens (including phenoxy) is 1. The Morgan fingerprint density at radius 2 is 1.81 bits per heavy atom. The van der Waals surface area contributed by atoms with Crippen LogP contribution in [0.3, 0.4) is 0 Å². The molecule has 0 saturated heterocycles. The predicted octanol–water partition coefficient (Wildman–Crippen LogP) is 3.42. The summed E-state index contributed by atoms with van der Waals surface area (Å²) in [5, 5.41) is 14.0. The van der Waals surface area contributed by atoms with Gasteiger partial charge in [0.25, 0.3) is 11.6 Å². The Kier molecular flexibility index (Phi) is 6.94. The smallest absolute Gasteiger partial charge is 0.340 e. The molecule has 0 aromatic heterocycles. The van der Waals surface area contributed by atoms with E-state index < -0.39 is 23.4 Å². The first-order valence-corrected chi connectivity index (χ1v) is 8.24. The van der Waals surface area contributed by atoms with E-state index in [9.17, 15) is 19.7 Å². The number of non-ortho nitro benzene ring substituents is 1. The van der Waals surface area contributed by atoms with Crippen LogP contribution in [-0.4, -0.2) is 30.0 Å². The van der Waals surface area contributed by atoms with Crippen LogP contribution in [0.2, 0.25) is 10.0 Å². The van der Waals surface area contributed by atoms with Crippen molar-refractivity contribution in [3.63, 3.8) is 0 Å². The van der Waals surface area contributed by atoms with Crippen molar-refractivity contribution >= 4 is 40.8 Å². The van der Waals surface area contributed by atoms with Gasteiger partial charge in [-0.3, -0.25) is 14.9 Å². The number of esters is 1. The number of nitrogens with one attached hydrogen (secondary N) is 1. The average Bonchev–Trinajstić information content (AvgIpc) is 2.61. The summed E-state index contributed by atoms with van der Waals surface area (Å²) < 4.78 is 4.85. The first-order chi connectivity index (χ1) is 12.4. The lowest BCUT2D eigenvalue weighted by Crippen LogP contribution is -2.30. The fourth-order valence-electron chi connectivity index (χ4n) is 2.04. The summed E-state index contributed by atoms with van der Waals surface area (Å²) in [6.45, 7) is -0.159. The highest BCUT2D eigenvalue weighted by Crippen LogP contribution is 2.22. The number of hydrogen-bond acceptors (Lipinski definition) is 5. The summed E-state index contributed by atoms with van der Waals surface area (Å²) in [4.78, 5) is 33.8. The van der Waals surface area contributed by atoms with Crippen LogP contribution in [0.1, 0.15) is 15.9 Å². The molecule has 0 aliphatic carbocycles. The summed E-state index contributed by atoms with van der Waals surface area (Å²) in [6, 6.07) is 10.6. The van der Waals surface area contributed by atoms with Crippen LogP contribution in [0.25, 0.3) is 0 Å². The van der Waals surface area contributed by atoms with Gasteiger partial charge in [-0.15, -0.1) is 0 Å². The van der Waals surface area contributed by atoms with Gasteiger partial charge in [0.15, 0.2) is 6.61 Å². The molecule has 2 aromatic rings. The predicted molar refractivity (Wildman–Crippen MR) is 96.6 cm³/mol. The number of carbonyl (C=O) groups excluding carboxylic acids is 2. The van der Waals surface area contributed by atoms with E-state index in [-0.39, 0.29) is 16.3 Å². The van der Waals surface area contributed by atoms with E-state index in [0.717, 1.165) is 11.6 Å². The maximum atomic E-state index is 12.0. The second-order valence-electron chi connectivity index (χ2n) is 5.22. The van der Waals surface area contributed by atoms with Gasteiger partial charge in [0.05, 0.1) is 15.5 Å². The van der Waals surface area contributed by atoms with Crippen molar-refractivity contribution in [3.8, 4) is 0 Å². The standard InChI is InChI=1S/C17H14Cl2N2O5/c18-12-3-1-11(2-4-12)7-8-20-16(22)10-26-17(23)14-9-13(21(24)25)5-6-15(14)19/h1-6,9H,7-8,10H2,(H,20,22). The van der Waals surface area contributed by atoms with Gasteiger partial charge in [0.1, 0.15) is 0 Å². The lowest BCUT2D eigenvalue weighted by Gasteiger charge is -2.08. The molecule has 26 heavy (non-hydrogen) atoms. The molecule has 2 aromatic carbocycles. The normalized spacial score (nSPS) is 10.2. The monoisotopic (exact) mass is 396 g/mol. The first-order valence-electron chi connectivity index (χ1n) is 7.49. The Hall–Kier alpha value is -2.64. The molecule has 0 aliphatic rings. The van der Waals surface area contributed by atoms with Crippen LogP contribution in [0.5, 0.6) is 0 Å². The van der Waals surface area contributed by atoms with Crippen molar-refractivity contribution in [3.05, 3.63) is 73.8 Å². The molecule has 1 N–H and O–H groups in total. The van der Waals surface area contributed by atoms with Gasteiger partial charge in [0, 0.05) is 23.7 Å². The lowest BCUT2D eigenvalue weighted by molar-refractivity contribution is -0.384. The molecule has 0 spiro atoms. The molecule has 0 unspecified atom stereocenters.